The number of methoxy groups -OCH3 is 2. The Balaban J connectivity index is 1.76. The van der Waals surface area contributed by atoms with Crippen LogP contribution in [0.1, 0.15) is 24.0 Å². The predicted molar refractivity (Wildman–Crippen MR) is 104 cm³/mol. The Kier molecular flexibility index (Phi) is 6.35. The van der Waals surface area contributed by atoms with Gasteiger partial charge in [0.25, 0.3) is 0 Å². The maximum atomic E-state index is 12.5. The third kappa shape index (κ3) is 4.61. The second-order valence-electron chi connectivity index (χ2n) is 6.90. The Hall–Kier alpha value is -2.53. The van der Waals surface area contributed by atoms with Crippen LogP contribution in [0.4, 0.5) is 0 Å². The molecule has 0 bridgehead atoms. The molecule has 144 valence electrons. The quantitative estimate of drug-likeness (QED) is 0.815. The van der Waals surface area contributed by atoms with Crippen molar-refractivity contribution in [3.63, 3.8) is 0 Å². The highest BCUT2D eigenvalue weighted by Gasteiger charge is 2.35. The van der Waals surface area contributed by atoms with Crippen LogP contribution in [0.15, 0.2) is 48.5 Å². The summed E-state index contributed by atoms with van der Waals surface area (Å²) in [6.07, 6.45) is 2.10. The van der Waals surface area contributed by atoms with Crippen LogP contribution in [-0.2, 0) is 21.4 Å². The zero-order chi connectivity index (χ0) is 19.1. The first-order chi connectivity index (χ1) is 13.2. The fourth-order valence-electron chi connectivity index (χ4n) is 3.61. The molecule has 5 heteroatoms. The van der Waals surface area contributed by atoms with Crippen molar-refractivity contribution in [2.24, 2.45) is 0 Å². The van der Waals surface area contributed by atoms with Crippen LogP contribution >= 0.6 is 0 Å². The minimum atomic E-state index is -0.163. The van der Waals surface area contributed by atoms with Crippen molar-refractivity contribution in [3.8, 4) is 11.5 Å². The van der Waals surface area contributed by atoms with Crippen molar-refractivity contribution in [1.29, 1.82) is 0 Å². The summed E-state index contributed by atoms with van der Waals surface area (Å²) < 4.78 is 16.4. The molecule has 3 rings (SSSR count). The van der Waals surface area contributed by atoms with Gasteiger partial charge in [0.05, 0.1) is 20.6 Å². The zero-order valence-corrected chi connectivity index (χ0v) is 16.0. The Labute approximate surface area is 160 Å². The van der Waals surface area contributed by atoms with Crippen LogP contribution in [-0.4, -0.2) is 39.9 Å². The van der Waals surface area contributed by atoms with Crippen LogP contribution in [0, 0.1) is 0 Å². The van der Waals surface area contributed by atoms with E-state index in [9.17, 15) is 4.79 Å². The minimum absolute atomic E-state index is 0.0348. The SMILES string of the molecule is COc1ccc(C2(CNC(=O)Cc3ccccc3)CCOCC2)cc1OC. The summed E-state index contributed by atoms with van der Waals surface area (Å²) in [6.45, 7) is 1.95. The maximum Gasteiger partial charge on any atom is 0.224 e. The van der Waals surface area contributed by atoms with Gasteiger partial charge in [-0.3, -0.25) is 4.79 Å². The summed E-state index contributed by atoms with van der Waals surface area (Å²) in [4.78, 5) is 12.5. The van der Waals surface area contributed by atoms with E-state index in [2.05, 4.69) is 11.4 Å². The van der Waals surface area contributed by atoms with Crippen molar-refractivity contribution in [2.75, 3.05) is 34.0 Å². The number of rotatable bonds is 7. The van der Waals surface area contributed by atoms with Crippen molar-refractivity contribution < 1.29 is 19.0 Å². The van der Waals surface area contributed by atoms with E-state index in [4.69, 9.17) is 14.2 Å². The number of benzene rings is 2. The second-order valence-corrected chi connectivity index (χ2v) is 6.90. The first-order valence-corrected chi connectivity index (χ1v) is 9.28. The van der Waals surface area contributed by atoms with Gasteiger partial charge >= 0.3 is 0 Å². The third-order valence-electron chi connectivity index (χ3n) is 5.28. The first-order valence-electron chi connectivity index (χ1n) is 9.28. The number of carbonyl (C=O) groups excluding carboxylic acids is 1. The fraction of sp³-hybridized carbons (Fsp3) is 0.409. The smallest absolute Gasteiger partial charge is 0.224 e. The van der Waals surface area contributed by atoms with Crippen molar-refractivity contribution in [3.05, 3.63) is 59.7 Å². The zero-order valence-electron chi connectivity index (χ0n) is 16.0. The highest BCUT2D eigenvalue weighted by molar-refractivity contribution is 5.78. The maximum absolute atomic E-state index is 12.5. The van der Waals surface area contributed by atoms with Crippen LogP contribution in [0.25, 0.3) is 0 Å². The van der Waals surface area contributed by atoms with Gasteiger partial charge < -0.3 is 19.5 Å². The molecule has 1 aliphatic heterocycles. The standard InChI is InChI=1S/C22H27NO4/c1-25-19-9-8-18(15-20(19)26-2)22(10-12-27-13-11-22)16-23-21(24)14-17-6-4-3-5-7-17/h3-9,15H,10-14,16H2,1-2H3,(H,23,24). The van der Waals surface area contributed by atoms with Crippen LogP contribution < -0.4 is 14.8 Å². The molecule has 2 aromatic rings. The van der Waals surface area contributed by atoms with Crippen LogP contribution in [0.3, 0.4) is 0 Å². The molecule has 5 nitrogen and oxygen atoms in total. The summed E-state index contributed by atoms with van der Waals surface area (Å²) in [6, 6.07) is 15.8. The van der Waals surface area contributed by atoms with Crippen molar-refractivity contribution in [1.82, 2.24) is 5.32 Å². The highest BCUT2D eigenvalue weighted by Crippen LogP contribution is 2.38. The lowest BCUT2D eigenvalue weighted by atomic mass is 9.74. The molecule has 0 aromatic heterocycles. The van der Waals surface area contributed by atoms with E-state index in [1.54, 1.807) is 14.2 Å². The lowest BCUT2D eigenvalue weighted by Gasteiger charge is -2.38. The summed E-state index contributed by atoms with van der Waals surface area (Å²) in [5, 5.41) is 3.14. The van der Waals surface area contributed by atoms with Gasteiger partial charge in [-0.05, 0) is 36.1 Å². The van der Waals surface area contributed by atoms with Gasteiger partial charge in [0.2, 0.25) is 5.91 Å². The van der Waals surface area contributed by atoms with Gasteiger partial charge in [-0.1, -0.05) is 36.4 Å². The molecule has 1 saturated heterocycles. The average Bonchev–Trinajstić information content (AvgIpc) is 2.73. The number of ether oxygens (including phenoxy) is 3. The van der Waals surface area contributed by atoms with Gasteiger partial charge in [0, 0.05) is 25.2 Å². The summed E-state index contributed by atoms with van der Waals surface area (Å²) in [5.74, 6) is 1.44. The number of hydrogen-bond donors (Lipinski definition) is 1. The minimum Gasteiger partial charge on any atom is -0.493 e. The molecular formula is C22H27NO4. The largest absolute Gasteiger partial charge is 0.493 e. The topological polar surface area (TPSA) is 56.8 Å². The molecule has 1 N–H and O–H groups in total. The molecule has 1 amide bonds. The molecule has 0 atom stereocenters. The Morgan fingerprint density at radius 3 is 2.41 bits per heavy atom. The lowest BCUT2D eigenvalue weighted by molar-refractivity contribution is -0.120. The van der Waals surface area contributed by atoms with Crippen molar-refractivity contribution >= 4 is 5.91 Å². The van der Waals surface area contributed by atoms with Gasteiger partial charge in [-0.25, -0.2) is 0 Å². The fourth-order valence-corrected chi connectivity index (χ4v) is 3.61. The molecule has 0 unspecified atom stereocenters. The monoisotopic (exact) mass is 369 g/mol. The Bertz CT molecular complexity index is 754. The van der Waals surface area contributed by atoms with E-state index in [1.165, 1.54) is 0 Å². The van der Waals surface area contributed by atoms with E-state index in [1.807, 2.05) is 42.5 Å². The molecule has 0 radical (unpaired) electrons. The van der Waals surface area contributed by atoms with Crippen LogP contribution in [0.2, 0.25) is 0 Å². The molecule has 1 heterocycles. The van der Waals surface area contributed by atoms with E-state index in [0.29, 0.717) is 37.7 Å². The van der Waals surface area contributed by atoms with Gasteiger partial charge in [0.1, 0.15) is 0 Å². The van der Waals surface area contributed by atoms with Crippen molar-refractivity contribution in [2.45, 2.75) is 24.7 Å². The second kappa shape index (κ2) is 8.91. The number of hydrogen-bond acceptors (Lipinski definition) is 4. The molecule has 0 saturated carbocycles. The Morgan fingerprint density at radius 1 is 1.04 bits per heavy atom. The number of carbonyl (C=O) groups is 1. The Morgan fingerprint density at radius 2 is 1.74 bits per heavy atom. The number of nitrogens with one attached hydrogen (secondary N) is 1. The highest BCUT2D eigenvalue weighted by atomic mass is 16.5. The van der Waals surface area contributed by atoms with E-state index in [-0.39, 0.29) is 11.3 Å². The number of amides is 1. The summed E-state index contributed by atoms with van der Waals surface area (Å²) >= 11 is 0. The lowest BCUT2D eigenvalue weighted by Crippen LogP contribution is -2.45. The molecule has 1 aliphatic rings. The molecule has 27 heavy (non-hydrogen) atoms. The van der Waals surface area contributed by atoms with E-state index < -0.39 is 0 Å². The van der Waals surface area contributed by atoms with Gasteiger partial charge in [0.15, 0.2) is 11.5 Å². The summed E-state index contributed by atoms with van der Waals surface area (Å²) in [7, 11) is 3.27. The van der Waals surface area contributed by atoms with E-state index >= 15 is 0 Å². The summed E-state index contributed by atoms with van der Waals surface area (Å²) in [5.41, 5.74) is 2.00. The average molecular weight is 369 g/mol. The normalized spacial score (nSPS) is 15.8. The molecule has 0 aliphatic carbocycles. The van der Waals surface area contributed by atoms with Gasteiger partial charge in [-0.15, -0.1) is 0 Å². The van der Waals surface area contributed by atoms with E-state index in [0.717, 1.165) is 24.0 Å². The first kappa shape index (κ1) is 19.2. The molecule has 0 spiro atoms. The molecular weight excluding hydrogens is 342 g/mol. The molecule has 1 fully saturated rings. The predicted octanol–water partition coefficient (Wildman–Crippen LogP) is 3.11. The third-order valence-corrected chi connectivity index (χ3v) is 5.28. The molecule has 2 aromatic carbocycles. The van der Waals surface area contributed by atoms with Crippen LogP contribution in [0.5, 0.6) is 11.5 Å². The van der Waals surface area contributed by atoms with Gasteiger partial charge in [-0.2, -0.15) is 0 Å².